The topological polar surface area (TPSA) is 80.6 Å². The zero-order chi connectivity index (χ0) is 20.5. The van der Waals surface area contributed by atoms with Crippen molar-refractivity contribution in [2.24, 2.45) is 0 Å². The number of rotatable bonds is 6. The number of para-hydroxylation sites is 1. The van der Waals surface area contributed by atoms with Gasteiger partial charge in [0.25, 0.3) is 5.56 Å². The summed E-state index contributed by atoms with van der Waals surface area (Å²) in [6.07, 6.45) is 3.25. The van der Waals surface area contributed by atoms with Crippen molar-refractivity contribution in [1.29, 1.82) is 0 Å². The Morgan fingerprint density at radius 1 is 1.28 bits per heavy atom. The lowest BCUT2D eigenvalue weighted by atomic mass is 10.1. The maximum absolute atomic E-state index is 13.3. The fraction of sp³-hybridized carbons (Fsp3) is 0.182. The number of aromatic amines is 1. The standard InChI is InChI=1S/C22H20N4O2S/c1-4-12-26-21(28)16-9-7-11-23-20(16)25-22(26)29-14(3)19(27)18-13(2)24-17-10-6-5-8-15(17)18/h4-11,14,24H,1,12H2,2-3H3. The number of hydrogen-bond donors (Lipinski definition) is 1. The molecule has 0 saturated carbocycles. The van der Waals surface area contributed by atoms with E-state index in [4.69, 9.17) is 0 Å². The molecule has 0 aliphatic heterocycles. The number of benzene rings is 1. The third-order valence-corrected chi connectivity index (χ3v) is 5.89. The number of carbonyl (C=O) groups excluding carboxylic acids is 1. The van der Waals surface area contributed by atoms with Gasteiger partial charge in [-0.3, -0.25) is 14.2 Å². The Labute approximate surface area is 171 Å². The molecule has 6 nitrogen and oxygen atoms in total. The molecule has 146 valence electrons. The lowest BCUT2D eigenvalue weighted by molar-refractivity contribution is 0.0995. The first-order chi connectivity index (χ1) is 14.0. The fourth-order valence-corrected chi connectivity index (χ4v) is 4.39. The van der Waals surface area contributed by atoms with Gasteiger partial charge in [0.1, 0.15) is 0 Å². The van der Waals surface area contributed by atoms with Crippen LogP contribution in [0.5, 0.6) is 0 Å². The number of ketones is 1. The van der Waals surface area contributed by atoms with E-state index in [2.05, 4.69) is 21.5 Å². The van der Waals surface area contributed by atoms with Crippen LogP contribution in [0.25, 0.3) is 21.9 Å². The normalized spacial score (nSPS) is 12.3. The number of carbonyl (C=O) groups is 1. The molecule has 0 radical (unpaired) electrons. The van der Waals surface area contributed by atoms with Gasteiger partial charge in [-0.15, -0.1) is 6.58 Å². The van der Waals surface area contributed by atoms with Gasteiger partial charge < -0.3 is 4.98 Å². The minimum atomic E-state index is -0.433. The highest BCUT2D eigenvalue weighted by Crippen LogP contribution is 2.29. The molecular weight excluding hydrogens is 384 g/mol. The molecule has 0 bridgehead atoms. The third kappa shape index (κ3) is 3.38. The van der Waals surface area contributed by atoms with E-state index in [0.717, 1.165) is 16.6 Å². The van der Waals surface area contributed by atoms with E-state index in [0.29, 0.717) is 28.3 Å². The van der Waals surface area contributed by atoms with Gasteiger partial charge in [-0.05, 0) is 32.0 Å². The molecular formula is C22H20N4O2S. The number of nitrogens with zero attached hydrogens (tertiary/aromatic N) is 3. The molecule has 0 fully saturated rings. The first-order valence-corrected chi connectivity index (χ1v) is 10.1. The van der Waals surface area contributed by atoms with Crippen molar-refractivity contribution < 1.29 is 4.79 Å². The van der Waals surface area contributed by atoms with Crippen LogP contribution < -0.4 is 5.56 Å². The number of pyridine rings is 1. The summed E-state index contributed by atoms with van der Waals surface area (Å²) in [4.78, 5) is 38.2. The van der Waals surface area contributed by atoms with E-state index in [1.807, 2.05) is 38.1 Å². The molecule has 3 aromatic heterocycles. The maximum atomic E-state index is 13.3. The van der Waals surface area contributed by atoms with Crippen molar-refractivity contribution in [2.75, 3.05) is 0 Å². The van der Waals surface area contributed by atoms with Crippen molar-refractivity contribution in [2.45, 2.75) is 30.8 Å². The second-order valence-corrected chi connectivity index (χ2v) is 8.08. The molecule has 7 heteroatoms. The summed E-state index contributed by atoms with van der Waals surface area (Å²) in [6, 6.07) is 11.2. The average Bonchev–Trinajstić information content (AvgIpc) is 3.06. The van der Waals surface area contributed by atoms with Gasteiger partial charge in [-0.2, -0.15) is 0 Å². The summed E-state index contributed by atoms with van der Waals surface area (Å²) in [5, 5.41) is 1.38. The lowest BCUT2D eigenvalue weighted by Gasteiger charge is -2.14. The molecule has 4 rings (SSSR count). The molecule has 0 spiro atoms. The Hall–Kier alpha value is -3.19. The van der Waals surface area contributed by atoms with Gasteiger partial charge >= 0.3 is 0 Å². The number of H-pyrrole nitrogens is 1. The molecule has 0 saturated heterocycles. The highest BCUT2D eigenvalue weighted by molar-refractivity contribution is 8.00. The third-order valence-electron chi connectivity index (χ3n) is 4.80. The van der Waals surface area contributed by atoms with E-state index in [9.17, 15) is 9.59 Å². The number of Topliss-reactive ketones (excluding diaryl/α,β-unsaturated/α-hetero) is 1. The molecule has 1 aromatic carbocycles. The summed E-state index contributed by atoms with van der Waals surface area (Å²) in [5.41, 5.74) is 2.64. The largest absolute Gasteiger partial charge is 0.358 e. The molecule has 0 aliphatic rings. The molecule has 1 atom stereocenters. The van der Waals surface area contributed by atoms with Crippen LogP contribution in [0.2, 0.25) is 0 Å². The molecule has 1 N–H and O–H groups in total. The Kier molecular flexibility index (Phi) is 5.07. The van der Waals surface area contributed by atoms with Gasteiger partial charge in [0.05, 0.1) is 10.6 Å². The van der Waals surface area contributed by atoms with Crippen LogP contribution in [0.15, 0.2) is 65.2 Å². The van der Waals surface area contributed by atoms with Gasteiger partial charge in [0.15, 0.2) is 16.6 Å². The fourth-order valence-electron chi connectivity index (χ4n) is 3.43. The SMILES string of the molecule is C=CCn1c(SC(C)C(=O)c2c(C)[nH]c3ccccc23)nc2ncccc2c1=O. The van der Waals surface area contributed by atoms with Gasteiger partial charge in [-0.1, -0.05) is 36.0 Å². The number of fused-ring (bicyclic) bond motifs is 2. The van der Waals surface area contributed by atoms with Crippen LogP contribution >= 0.6 is 11.8 Å². The smallest absolute Gasteiger partial charge is 0.263 e. The minimum absolute atomic E-state index is 0.00882. The van der Waals surface area contributed by atoms with Crippen molar-refractivity contribution in [3.05, 3.63) is 76.9 Å². The number of aryl methyl sites for hydroxylation is 1. The number of aromatic nitrogens is 4. The number of nitrogens with one attached hydrogen (secondary N) is 1. The molecule has 29 heavy (non-hydrogen) atoms. The van der Waals surface area contributed by atoms with Crippen LogP contribution in [0.4, 0.5) is 0 Å². The van der Waals surface area contributed by atoms with Gasteiger partial charge in [-0.25, -0.2) is 9.97 Å². The van der Waals surface area contributed by atoms with E-state index >= 15 is 0 Å². The molecule has 1 unspecified atom stereocenters. The first kappa shape index (κ1) is 19.1. The highest BCUT2D eigenvalue weighted by Gasteiger charge is 2.24. The molecule has 0 amide bonds. The quantitative estimate of drug-likeness (QED) is 0.226. The summed E-state index contributed by atoms with van der Waals surface area (Å²) < 4.78 is 1.54. The van der Waals surface area contributed by atoms with Gasteiger partial charge in [0.2, 0.25) is 0 Å². The number of allylic oxidation sites excluding steroid dienone is 1. The zero-order valence-electron chi connectivity index (χ0n) is 16.2. The van der Waals surface area contributed by atoms with Crippen molar-refractivity contribution in [3.8, 4) is 0 Å². The van der Waals surface area contributed by atoms with Crippen LogP contribution in [0.1, 0.15) is 23.0 Å². The summed E-state index contributed by atoms with van der Waals surface area (Å²) in [7, 11) is 0. The number of hydrogen-bond acceptors (Lipinski definition) is 5. The van der Waals surface area contributed by atoms with Crippen LogP contribution in [0, 0.1) is 6.92 Å². The maximum Gasteiger partial charge on any atom is 0.263 e. The lowest BCUT2D eigenvalue weighted by Crippen LogP contribution is -2.25. The average molecular weight is 404 g/mol. The molecule has 4 aromatic rings. The Bertz CT molecular complexity index is 1310. The minimum Gasteiger partial charge on any atom is -0.358 e. The Morgan fingerprint density at radius 2 is 2.03 bits per heavy atom. The van der Waals surface area contributed by atoms with Crippen molar-refractivity contribution >= 4 is 39.5 Å². The highest BCUT2D eigenvalue weighted by atomic mass is 32.2. The van der Waals surface area contributed by atoms with Crippen LogP contribution in [-0.2, 0) is 6.54 Å². The predicted octanol–water partition coefficient (Wildman–Crippen LogP) is 4.13. The van der Waals surface area contributed by atoms with E-state index in [1.165, 1.54) is 16.3 Å². The van der Waals surface area contributed by atoms with E-state index in [1.54, 1.807) is 24.4 Å². The monoisotopic (exact) mass is 404 g/mol. The number of thioether (sulfide) groups is 1. The molecule has 3 heterocycles. The van der Waals surface area contributed by atoms with Crippen molar-refractivity contribution in [1.82, 2.24) is 19.5 Å². The second kappa shape index (κ2) is 7.67. The second-order valence-electron chi connectivity index (χ2n) is 6.77. The van der Waals surface area contributed by atoms with Gasteiger partial charge in [0, 0.05) is 34.9 Å². The van der Waals surface area contributed by atoms with Crippen molar-refractivity contribution in [3.63, 3.8) is 0 Å². The summed E-state index contributed by atoms with van der Waals surface area (Å²) >= 11 is 1.26. The van der Waals surface area contributed by atoms with E-state index < -0.39 is 5.25 Å². The Balaban J connectivity index is 1.75. The van der Waals surface area contributed by atoms with Crippen LogP contribution in [0.3, 0.4) is 0 Å². The summed E-state index contributed by atoms with van der Waals surface area (Å²) in [6.45, 7) is 7.78. The zero-order valence-corrected chi connectivity index (χ0v) is 17.0. The molecule has 0 aliphatic carbocycles. The van der Waals surface area contributed by atoms with Crippen LogP contribution in [-0.4, -0.2) is 30.6 Å². The summed E-state index contributed by atoms with van der Waals surface area (Å²) in [5.74, 6) is -0.00882. The Morgan fingerprint density at radius 3 is 2.83 bits per heavy atom. The van der Waals surface area contributed by atoms with E-state index in [-0.39, 0.29) is 11.3 Å². The predicted molar refractivity (Wildman–Crippen MR) is 117 cm³/mol. The first-order valence-electron chi connectivity index (χ1n) is 9.26.